The normalized spacial score (nSPS) is 19.1. The number of nitrogens with zero attached hydrogens (tertiary/aromatic N) is 1. The Labute approximate surface area is 146 Å². The Bertz CT molecular complexity index is 424. The zero-order valence-corrected chi connectivity index (χ0v) is 16.0. The lowest BCUT2D eigenvalue weighted by atomic mass is 10.1. The van der Waals surface area contributed by atoms with Crippen molar-refractivity contribution in [3.8, 4) is 0 Å². The van der Waals surface area contributed by atoms with E-state index in [1.807, 2.05) is 41.5 Å². The van der Waals surface area contributed by atoms with E-state index in [0.717, 1.165) is 38.5 Å². The molecule has 0 aromatic rings. The van der Waals surface area contributed by atoms with Gasteiger partial charge in [0.05, 0.1) is 18.2 Å². The van der Waals surface area contributed by atoms with E-state index in [9.17, 15) is 4.79 Å². The summed E-state index contributed by atoms with van der Waals surface area (Å²) in [5, 5.41) is 9.37. The Kier molecular flexibility index (Phi) is 7.79. The van der Waals surface area contributed by atoms with Crippen LogP contribution in [0.4, 0.5) is 4.79 Å². The molecule has 1 amide bonds. The molecule has 1 unspecified atom stereocenters. The summed E-state index contributed by atoms with van der Waals surface area (Å²) in [7, 11) is 0. The average Bonchev–Trinajstić information content (AvgIpc) is 2.92. The van der Waals surface area contributed by atoms with Crippen molar-refractivity contribution >= 4 is 12.1 Å². The Morgan fingerprint density at radius 2 is 1.96 bits per heavy atom. The van der Waals surface area contributed by atoms with E-state index in [-0.39, 0.29) is 6.10 Å². The first-order chi connectivity index (χ1) is 11.1. The van der Waals surface area contributed by atoms with Gasteiger partial charge in [-0.25, -0.2) is 4.79 Å². The number of hydrogen-bond donors (Lipinski definition) is 3. The van der Waals surface area contributed by atoms with Crippen LogP contribution in [-0.4, -0.2) is 55.5 Å². The molecule has 1 rings (SSSR count). The van der Waals surface area contributed by atoms with Crippen molar-refractivity contribution in [1.82, 2.24) is 16.0 Å². The standard InChI is InChI=1S/C17H34N4O3/c1-7-18-14(19-11-13-9-8-10-23-13)20-12-17(5,6)21-15(22)24-16(2,3)4/h13H,7-12H2,1-6H3,(H,21,22)(H2,18,19,20). The van der Waals surface area contributed by atoms with Crippen LogP contribution in [-0.2, 0) is 9.47 Å². The lowest BCUT2D eigenvalue weighted by molar-refractivity contribution is 0.0476. The second-order valence-electron chi connectivity index (χ2n) is 7.72. The zero-order chi connectivity index (χ0) is 18.2. The van der Waals surface area contributed by atoms with Gasteiger partial charge >= 0.3 is 6.09 Å². The van der Waals surface area contributed by atoms with Crippen LogP contribution < -0.4 is 16.0 Å². The fourth-order valence-electron chi connectivity index (χ4n) is 2.25. The number of nitrogens with one attached hydrogen (secondary N) is 3. The maximum absolute atomic E-state index is 11.9. The van der Waals surface area contributed by atoms with Crippen LogP contribution in [0.2, 0.25) is 0 Å². The van der Waals surface area contributed by atoms with E-state index in [4.69, 9.17) is 9.47 Å². The van der Waals surface area contributed by atoms with Crippen LogP contribution in [0.5, 0.6) is 0 Å². The molecule has 1 saturated heterocycles. The highest BCUT2D eigenvalue weighted by molar-refractivity contribution is 5.79. The highest BCUT2D eigenvalue weighted by Crippen LogP contribution is 2.11. The fourth-order valence-corrected chi connectivity index (χ4v) is 2.25. The van der Waals surface area contributed by atoms with E-state index in [2.05, 4.69) is 20.9 Å². The Morgan fingerprint density at radius 1 is 1.25 bits per heavy atom. The van der Waals surface area contributed by atoms with E-state index >= 15 is 0 Å². The Morgan fingerprint density at radius 3 is 2.50 bits per heavy atom. The number of guanidine groups is 1. The number of rotatable bonds is 6. The van der Waals surface area contributed by atoms with Gasteiger partial charge in [-0.05, 0) is 54.4 Å². The molecule has 1 fully saturated rings. The second kappa shape index (κ2) is 9.11. The summed E-state index contributed by atoms with van der Waals surface area (Å²) in [5.41, 5.74) is -1.02. The third-order valence-corrected chi connectivity index (χ3v) is 3.34. The Balaban J connectivity index is 2.50. The van der Waals surface area contributed by atoms with Gasteiger partial charge in [-0.1, -0.05) is 0 Å². The van der Waals surface area contributed by atoms with Crippen LogP contribution in [0.15, 0.2) is 4.99 Å². The number of aliphatic imine (C=N–C) groups is 1. The molecule has 0 saturated carbocycles. The van der Waals surface area contributed by atoms with E-state index in [0.29, 0.717) is 6.54 Å². The molecule has 1 atom stereocenters. The van der Waals surface area contributed by atoms with E-state index in [1.54, 1.807) is 0 Å². The smallest absolute Gasteiger partial charge is 0.408 e. The molecule has 0 aromatic heterocycles. The number of hydrogen-bond acceptors (Lipinski definition) is 4. The number of carbonyl (C=O) groups excluding carboxylic acids is 1. The van der Waals surface area contributed by atoms with Gasteiger partial charge in [-0.3, -0.25) is 4.99 Å². The quantitative estimate of drug-likeness (QED) is 0.508. The van der Waals surface area contributed by atoms with Gasteiger partial charge in [0.25, 0.3) is 0 Å². The number of ether oxygens (including phenoxy) is 2. The summed E-state index contributed by atoms with van der Waals surface area (Å²) in [5.74, 6) is 0.729. The van der Waals surface area contributed by atoms with Crippen LogP contribution in [0.25, 0.3) is 0 Å². The molecule has 7 heteroatoms. The van der Waals surface area contributed by atoms with Gasteiger partial charge in [0.15, 0.2) is 5.96 Å². The molecule has 0 aliphatic carbocycles. The highest BCUT2D eigenvalue weighted by atomic mass is 16.6. The minimum atomic E-state index is -0.513. The minimum Gasteiger partial charge on any atom is -0.444 e. The van der Waals surface area contributed by atoms with Gasteiger partial charge in [-0.2, -0.15) is 0 Å². The number of amides is 1. The molecule has 1 heterocycles. The predicted molar refractivity (Wildman–Crippen MR) is 96.4 cm³/mol. The molecular formula is C17H34N4O3. The second-order valence-corrected chi connectivity index (χ2v) is 7.72. The molecule has 140 valence electrons. The molecule has 24 heavy (non-hydrogen) atoms. The van der Waals surface area contributed by atoms with Crippen molar-refractivity contribution < 1.29 is 14.3 Å². The molecule has 0 radical (unpaired) electrons. The minimum absolute atomic E-state index is 0.252. The van der Waals surface area contributed by atoms with Crippen molar-refractivity contribution in [2.24, 2.45) is 4.99 Å². The zero-order valence-electron chi connectivity index (χ0n) is 16.0. The summed E-state index contributed by atoms with van der Waals surface area (Å²) in [6.07, 6.45) is 2.02. The van der Waals surface area contributed by atoms with Gasteiger partial charge in [0.2, 0.25) is 0 Å². The predicted octanol–water partition coefficient (Wildman–Crippen LogP) is 2.02. The molecule has 1 aliphatic heterocycles. The molecular weight excluding hydrogens is 308 g/mol. The summed E-state index contributed by atoms with van der Waals surface area (Å²) in [4.78, 5) is 16.5. The summed E-state index contributed by atoms with van der Waals surface area (Å²) in [6.45, 7) is 14.2. The van der Waals surface area contributed by atoms with Crippen LogP contribution in [0.3, 0.4) is 0 Å². The van der Waals surface area contributed by atoms with Crippen molar-refractivity contribution in [3.63, 3.8) is 0 Å². The lowest BCUT2D eigenvalue weighted by Crippen LogP contribution is -2.49. The first kappa shape index (κ1) is 20.5. The Hall–Kier alpha value is -1.50. The van der Waals surface area contributed by atoms with Crippen molar-refractivity contribution in [2.45, 2.75) is 71.6 Å². The van der Waals surface area contributed by atoms with Gasteiger partial charge in [-0.15, -0.1) is 0 Å². The molecule has 0 bridgehead atoms. The molecule has 1 aliphatic rings. The van der Waals surface area contributed by atoms with Crippen LogP contribution >= 0.6 is 0 Å². The number of alkyl carbamates (subject to hydrolysis) is 1. The third kappa shape index (κ3) is 8.96. The highest BCUT2D eigenvalue weighted by Gasteiger charge is 2.24. The summed E-state index contributed by atoms with van der Waals surface area (Å²) >= 11 is 0. The van der Waals surface area contributed by atoms with Crippen molar-refractivity contribution in [2.75, 3.05) is 26.2 Å². The van der Waals surface area contributed by atoms with Crippen LogP contribution in [0.1, 0.15) is 54.4 Å². The average molecular weight is 342 g/mol. The third-order valence-electron chi connectivity index (χ3n) is 3.34. The molecule has 0 aromatic carbocycles. The maximum atomic E-state index is 11.9. The maximum Gasteiger partial charge on any atom is 0.408 e. The monoisotopic (exact) mass is 342 g/mol. The summed E-state index contributed by atoms with van der Waals surface area (Å²) in [6, 6.07) is 0. The van der Waals surface area contributed by atoms with Crippen molar-refractivity contribution in [1.29, 1.82) is 0 Å². The van der Waals surface area contributed by atoms with Gasteiger partial charge in [0.1, 0.15) is 5.60 Å². The van der Waals surface area contributed by atoms with Gasteiger partial charge in [0, 0.05) is 19.7 Å². The first-order valence-corrected chi connectivity index (χ1v) is 8.76. The molecule has 3 N–H and O–H groups in total. The molecule has 7 nitrogen and oxygen atoms in total. The SMILES string of the molecule is CCNC(=NCC(C)(C)NC(=O)OC(C)(C)C)NCC1CCCO1. The number of carbonyl (C=O) groups is 1. The van der Waals surface area contributed by atoms with Crippen molar-refractivity contribution in [3.05, 3.63) is 0 Å². The van der Waals surface area contributed by atoms with Gasteiger partial charge < -0.3 is 25.4 Å². The molecule has 0 spiro atoms. The van der Waals surface area contributed by atoms with Crippen LogP contribution in [0, 0.1) is 0 Å². The van der Waals surface area contributed by atoms with E-state index in [1.165, 1.54) is 0 Å². The van der Waals surface area contributed by atoms with E-state index < -0.39 is 17.2 Å². The first-order valence-electron chi connectivity index (χ1n) is 8.76. The summed E-state index contributed by atoms with van der Waals surface area (Å²) < 4.78 is 10.9. The largest absolute Gasteiger partial charge is 0.444 e. The fraction of sp³-hybridized carbons (Fsp3) is 0.882. The lowest BCUT2D eigenvalue weighted by Gasteiger charge is -2.27. The topological polar surface area (TPSA) is 84.0 Å².